The van der Waals surface area contributed by atoms with E-state index in [1.165, 1.54) is 5.56 Å². The first-order chi connectivity index (χ1) is 7.66. The van der Waals surface area contributed by atoms with Gasteiger partial charge in [0.25, 0.3) is 0 Å². The first-order valence-corrected chi connectivity index (χ1v) is 5.83. The number of rotatable bonds is 0. The van der Waals surface area contributed by atoms with Crippen LogP contribution in [0.25, 0.3) is 10.9 Å². The van der Waals surface area contributed by atoms with Crippen molar-refractivity contribution in [2.75, 3.05) is 6.61 Å². The highest BCUT2D eigenvalue weighted by Crippen LogP contribution is 2.38. The maximum Gasteiger partial charge on any atom is 0.133 e. The molecule has 0 bridgehead atoms. The second-order valence-corrected chi connectivity index (χ2v) is 4.73. The van der Waals surface area contributed by atoms with Crippen LogP contribution in [0.3, 0.4) is 0 Å². The Labute approximate surface area is 103 Å². The Balaban J connectivity index is 2.48. The van der Waals surface area contributed by atoms with Crippen LogP contribution in [-0.2, 0) is 6.42 Å². The zero-order valence-electron chi connectivity index (χ0n) is 8.68. The second kappa shape index (κ2) is 3.51. The van der Waals surface area contributed by atoms with Crippen LogP contribution in [0.15, 0.2) is 12.1 Å². The fourth-order valence-corrected chi connectivity index (χ4v) is 2.66. The summed E-state index contributed by atoms with van der Waals surface area (Å²) in [7, 11) is 0. The lowest BCUT2D eigenvalue weighted by molar-refractivity contribution is 0.360. The average Bonchev–Trinajstić information content (AvgIpc) is 2.69. The minimum absolute atomic E-state index is 0.573. The molecule has 0 saturated heterocycles. The highest BCUT2D eigenvalue weighted by atomic mass is 35.5. The minimum atomic E-state index is 0.573. The van der Waals surface area contributed by atoms with Crippen molar-refractivity contribution in [3.8, 4) is 5.75 Å². The third-order valence-electron chi connectivity index (χ3n) is 2.86. The van der Waals surface area contributed by atoms with Crippen LogP contribution < -0.4 is 4.74 Å². The predicted molar refractivity (Wildman–Crippen MR) is 65.7 cm³/mol. The summed E-state index contributed by atoms with van der Waals surface area (Å²) in [6.45, 7) is 2.69. The number of halogens is 2. The largest absolute Gasteiger partial charge is 0.492 e. The number of fused-ring (bicyclic) bond motifs is 3. The predicted octanol–water partition coefficient (Wildman–Crippen LogP) is 3.78. The summed E-state index contributed by atoms with van der Waals surface area (Å²) in [5, 5.41) is 2.10. The van der Waals surface area contributed by atoms with E-state index in [-0.39, 0.29) is 0 Å². The van der Waals surface area contributed by atoms with Gasteiger partial charge in [-0.15, -0.1) is 0 Å². The standard InChI is InChI=1S/C12H9Cl2NO/c1-6-8-2-3-16-12(8)9-4-7(13)5-10(14)11(9)15-6/h4-5H,2-3H2,1H3. The number of nitrogens with zero attached hydrogens (tertiary/aromatic N) is 1. The van der Waals surface area contributed by atoms with Crippen LogP contribution >= 0.6 is 23.2 Å². The van der Waals surface area contributed by atoms with Gasteiger partial charge in [-0.3, -0.25) is 4.98 Å². The van der Waals surface area contributed by atoms with Gasteiger partial charge in [0.1, 0.15) is 5.75 Å². The molecular weight excluding hydrogens is 245 g/mol. The molecule has 4 heteroatoms. The van der Waals surface area contributed by atoms with E-state index in [1.807, 2.05) is 13.0 Å². The van der Waals surface area contributed by atoms with E-state index in [9.17, 15) is 0 Å². The van der Waals surface area contributed by atoms with Crippen molar-refractivity contribution in [3.63, 3.8) is 0 Å². The summed E-state index contributed by atoms with van der Waals surface area (Å²) >= 11 is 12.1. The Morgan fingerprint density at radius 1 is 1.31 bits per heavy atom. The molecule has 1 aliphatic rings. The van der Waals surface area contributed by atoms with Crippen LogP contribution in [0, 0.1) is 6.92 Å². The molecule has 0 aliphatic carbocycles. The van der Waals surface area contributed by atoms with Crippen molar-refractivity contribution >= 4 is 34.1 Å². The van der Waals surface area contributed by atoms with Crippen LogP contribution in [0.4, 0.5) is 0 Å². The summed E-state index contributed by atoms with van der Waals surface area (Å²) in [4.78, 5) is 4.52. The molecule has 1 aliphatic heterocycles. The van der Waals surface area contributed by atoms with Crippen molar-refractivity contribution in [2.24, 2.45) is 0 Å². The molecule has 0 spiro atoms. The van der Waals surface area contributed by atoms with Gasteiger partial charge >= 0.3 is 0 Å². The van der Waals surface area contributed by atoms with E-state index in [0.29, 0.717) is 16.7 Å². The molecular formula is C12H9Cl2NO. The molecule has 0 N–H and O–H groups in total. The fraction of sp³-hybridized carbons (Fsp3) is 0.250. The molecule has 0 amide bonds. The number of aryl methyl sites for hydroxylation is 1. The zero-order chi connectivity index (χ0) is 11.3. The molecule has 0 saturated carbocycles. The van der Waals surface area contributed by atoms with Gasteiger partial charge in [-0.2, -0.15) is 0 Å². The molecule has 0 unspecified atom stereocenters. The number of pyridine rings is 1. The lowest BCUT2D eigenvalue weighted by Gasteiger charge is -2.08. The van der Waals surface area contributed by atoms with Gasteiger partial charge in [0.05, 0.1) is 17.1 Å². The first kappa shape index (κ1) is 10.2. The molecule has 1 aromatic heterocycles. The van der Waals surface area contributed by atoms with Crippen LogP contribution in [0.2, 0.25) is 10.0 Å². The second-order valence-electron chi connectivity index (χ2n) is 3.89. The molecule has 0 radical (unpaired) electrons. The summed E-state index contributed by atoms with van der Waals surface area (Å²) in [6.07, 6.45) is 0.911. The molecule has 0 atom stereocenters. The number of hydrogen-bond donors (Lipinski definition) is 0. The Morgan fingerprint density at radius 3 is 2.94 bits per heavy atom. The smallest absolute Gasteiger partial charge is 0.133 e. The minimum Gasteiger partial charge on any atom is -0.492 e. The Hall–Kier alpha value is -0.990. The fourth-order valence-electron chi connectivity index (χ4n) is 2.13. The molecule has 2 aromatic rings. The Bertz CT molecular complexity index is 595. The molecule has 2 heterocycles. The van der Waals surface area contributed by atoms with E-state index in [4.69, 9.17) is 27.9 Å². The summed E-state index contributed by atoms with van der Waals surface area (Å²) in [6, 6.07) is 3.57. The lowest BCUT2D eigenvalue weighted by atomic mass is 10.1. The summed E-state index contributed by atoms with van der Waals surface area (Å²) < 4.78 is 5.65. The Morgan fingerprint density at radius 2 is 2.12 bits per heavy atom. The SMILES string of the molecule is Cc1nc2c(Cl)cc(Cl)cc2c2c1CCO2. The van der Waals surface area contributed by atoms with Crippen LogP contribution in [0.1, 0.15) is 11.3 Å². The van der Waals surface area contributed by atoms with Crippen LogP contribution in [-0.4, -0.2) is 11.6 Å². The van der Waals surface area contributed by atoms with Crippen molar-refractivity contribution in [3.05, 3.63) is 33.4 Å². The normalized spacial score (nSPS) is 13.9. The monoisotopic (exact) mass is 253 g/mol. The van der Waals surface area contributed by atoms with Crippen molar-refractivity contribution in [1.29, 1.82) is 0 Å². The highest BCUT2D eigenvalue weighted by Gasteiger charge is 2.20. The van der Waals surface area contributed by atoms with E-state index < -0.39 is 0 Å². The van der Waals surface area contributed by atoms with E-state index in [2.05, 4.69) is 4.98 Å². The zero-order valence-corrected chi connectivity index (χ0v) is 10.2. The van der Waals surface area contributed by atoms with Gasteiger partial charge in [0.2, 0.25) is 0 Å². The summed E-state index contributed by atoms with van der Waals surface area (Å²) in [5.74, 6) is 0.895. The topological polar surface area (TPSA) is 22.1 Å². The van der Waals surface area contributed by atoms with Gasteiger partial charge in [-0.05, 0) is 19.1 Å². The van der Waals surface area contributed by atoms with Gasteiger partial charge in [-0.25, -0.2) is 0 Å². The maximum absolute atomic E-state index is 6.13. The number of aromatic nitrogens is 1. The average molecular weight is 254 g/mol. The number of hydrogen-bond acceptors (Lipinski definition) is 2. The van der Waals surface area contributed by atoms with Gasteiger partial charge in [0, 0.05) is 28.1 Å². The maximum atomic E-state index is 6.13. The van der Waals surface area contributed by atoms with Crippen molar-refractivity contribution < 1.29 is 4.74 Å². The van der Waals surface area contributed by atoms with Crippen molar-refractivity contribution in [2.45, 2.75) is 13.3 Å². The van der Waals surface area contributed by atoms with Crippen LogP contribution in [0.5, 0.6) is 5.75 Å². The van der Waals surface area contributed by atoms with E-state index in [1.54, 1.807) is 6.07 Å². The molecule has 2 nitrogen and oxygen atoms in total. The van der Waals surface area contributed by atoms with Crippen molar-refractivity contribution in [1.82, 2.24) is 4.98 Å². The molecule has 1 aromatic carbocycles. The lowest BCUT2D eigenvalue weighted by Crippen LogP contribution is -1.91. The quantitative estimate of drug-likeness (QED) is 0.713. The first-order valence-electron chi connectivity index (χ1n) is 5.08. The molecule has 16 heavy (non-hydrogen) atoms. The van der Waals surface area contributed by atoms with Gasteiger partial charge < -0.3 is 4.74 Å². The highest BCUT2D eigenvalue weighted by molar-refractivity contribution is 6.38. The van der Waals surface area contributed by atoms with Gasteiger partial charge in [-0.1, -0.05) is 23.2 Å². The molecule has 0 fully saturated rings. The third-order valence-corrected chi connectivity index (χ3v) is 3.37. The third kappa shape index (κ3) is 1.37. The molecule has 3 rings (SSSR count). The number of ether oxygens (including phenoxy) is 1. The molecule has 82 valence electrons. The number of benzene rings is 1. The Kier molecular flexibility index (Phi) is 2.23. The van der Waals surface area contributed by atoms with E-state index >= 15 is 0 Å². The summed E-state index contributed by atoms with van der Waals surface area (Å²) in [5.41, 5.74) is 2.93. The van der Waals surface area contributed by atoms with E-state index in [0.717, 1.165) is 28.8 Å². The van der Waals surface area contributed by atoms with Gasteiger partial charge in [0.15, 0.2) is 0 Å².